The third-order valence-corrected chi connectivity index (χ3v) is 10.1. The van der Waals surface area contributed by atoms with Crippen LogP contribution >= 0.6 is 0 Å². The molecule has 4 heteroatoms. The first-order chi connectivity index (χ1) is 24.6. The molecule has 0 aliphatic carbocycles. The fraction of sp³-hybridized carbons (Fsp3) is 0.0435. The summed E-state index contributed by atoms with van der Waals surface area (Å²) in [4.78, 5) is 0. The summed E-state index contributed by atoms with van der Waals surface area (Å²) in [5.41, 5.74) is 14.4. The Morgan fingerprint density at radius 1 is 0.380 bits per heavy atom. The Hall–Kier alpha value is -6.88. The number of nitriles is 2. The number of benzene rings is 7. The summed E-state index contributed by atoms with van der Waals surface area (Å²) in [6.45, 7) is 4.47. The van der Waals surface area contributed by atoms with Crippen molar-refractivity contribution in [1.82, 2.24) is 9.13 Å². The minimum absolute atomic E-state index is 0.617. The summed E-state index contributed by atoms with van der Waals surface area (Å²) >= 11 is 0. The number of hydrogen-bond donors (Lipinski definition) is 0. The quantitative estimate of drug-likeness (QED) is 0.193. The molecule has 0 unspecified atom stereocenters. The van der Waals surface area contributed by atoms with Crippen LogP contribution in [0.3, 0.4) is 0 Å². The molecule has 7 aromatic carbocycles. The molecule has 0 saturated carbocycles. The average molecular weight is 639 g/mol. The van der Waals surface area contributed by atoms with Crippen LogP contribution in [0.5, 0.6) is 0 Å². The molecule has 0 fully saturated rings. The number of para-hydroxylation sites is 4. The van der Waals surface area contributed by atoms with Crippen LogP contribution in [0.2, 0.25) is 0 Å². The van der Waals surface area contributed by atoms with E-state index in [0.29, 0.717) is 11.1 Å². The third-order valence-electron chi connectivity index (χ3n) is 10.1. The normalized spacial score (nSPS) is 11.4. The van der Waals surface area contributed by atoms with Gasteiger partial charge in [0.15, 0.2) is 0 Å². The summed E-state index contributed by atoms with van der Waals surface area (Å²) in [6.07, 6.45) is 0. The van der Waals surface area contributed by atoms with E-state index >= 15 is 0 Å². The Labute approximate surface area is 289 Å². The van der Waals surface area contributed by atoms with E-state index in [1.54, 1.807) is 0 Å². The van der Waals surface area contributed by atoms with Gasteiger partial charge in [-0.05, 0) is 84.6 Å². The zero-order chi connectivity index (χ0) is 33.9. The summed E-state index contributed by atoms with van der Waals surface area (Å²) in [5, 5.41) is 24.3. The van der Waals surface area contributed by atoms with Gasteiger partial charge in [-0.1, -0.05) is 97.1 Å². The molecule has 2 aromatic heterocycles. The van der Waals surface area contributed by atoms with Gasteiger partial charge in [0.1, 0.15) is 0 Å². The Balaban J connectivity index is 1.54. The van der Waals surface area contributed by atoms with Gasteiger partial charge in [-0.25, -0.2) is 0 Å². The zero-order valence-corrected chi connectivity index (χ0v) is 27.6. The molecule has 0 atom stereocenters. The third kappa shape index (κ3) is 4.23. The second-order valence-electron chi connectivity index (χ2n) is 12.8. The van der Waals surface area contributed by atoms with Crippen LogP contribution in [0.25, 0.3) is 77.2 Å². The molecule has 2 heterocycles. The predicted octanol–water partition coefficient (Wildman–Crippen LogP) is 11.6. The van der Waals surface area contributed by atoms with E-state index in [4.69, 9.17) is 0 Å². The Morgan fingerprint density at radius 3 is 1.00 bits per heavy atom. The maximum Gasteiger partial charge on any atom is 0.0991 e. The highest BCUT2D eigenvalue weighted by molar-refractivity contribution is 6.12. The summed E-state index contributed by atoms with van der Waals surface area (Å²) in [7, 11) is 0. The van der Waals surface area contributed by atoms with Crippen molar-refractivity contribution in [2.45, 2.75) is 13.8 Å². The maximum absolute atomic E-state index is 9.76. The molecule has 0 N–H and O–H groups in total. The minimum Gasteiger partial charge on any atom is -0.309 e. The Bertz CT molecular complexity index is 2700. The van der Waals surface area contributed by atoms with Gasteiger partial charge in [-0.15, -0.1) is 0 Å². The fourth-order valence-corrected chi connectivity index (χ4v) is 8.01. The van der Waals surface area contributed by atoms with E-state index in [-0.39, 0.29) is 0 Å². The van der Waals surface area contributed by atoms with E-state index in [1.165, 1.54) is 21.5 Å². The lowest BCUT2D eigenvalue weighted by molar-refractivity contribution is 1.10. The Morgan fingerprint density at radius 2 is 0.680 bits per heavy atom. The van der Waals surface area contributed by atoms with Gasteiger partial charge >= 0.3 is 0 Å². The molecule has 0 amide bonds. The molecule has 9 aromatic rings. The Kier molecular flexibility index (Phi) is 6.66. The van der Waals surface area contributed by atoms with Crippen molar-refractivity contribution in [2.24, 2.45) is 0 Å². The molecule has 9 rings (SSSR count). The van der Waals surface area contributed by atoms with Crippen LogP contribution in [-0.4, -0.2) is 9.13 Å². The monoisotopic (exact) mass is 638 g/mol. The lowest BCUT2D eigenvalue weighted by Crippen LogP contribution is -2.10. The van der Waals surface area contributed by atoms with Gasteiger partial charge in [-0.3, -0.25) is 0 Å². The van der Waals surface area contributed by atoms with Crippen LogP contribution < -0.4 is 0 Å². The fourth-order valence-electron chi connectivity index (χ4n) is 8.01. The molecule has 4 nitrogen and oxygen atoms in total. The van der Waals surface area contributed by atoms with Crippen molar-refractivity contribution in [1.29, 1.82) is 10.5 Å². The van der Waals surface area contributed by atoms with Gasteiger partial charge in [0.2, 0.25) is 0 Å². The molecule has 0 spiro atoms. The summed E-state index contributed by atoms with van der Waals surface area (Å²) in [6, 6.07) is 55.0. The number of rotatable bonds is 4. The van der Waals surface area contributed by atoms with Crippen molar-refractivity contribution < 1.29 is 0 Å². The minimum atomic E-state index is 0.617. The van der Waals surface area contributed by atoms with E-state index in [9.17, 15) is 10.5 Å². The molecule has 0 aliphatic heterocycles. The van der Waals surface area contributed by atoms with E-state index in [2.05, 4.69) is 156 Å². The standard InChI is InChI=1S/C46H30N4/c1-29-43(33-23-19-31(27-47)20-24-33)46(50-41-17-9-5-13-37(41)38-14-6-10-18-42(38)50)44(34-25-21-32(28-48)22-26-34)30(2)45(29)49-39-15-7-3-11-35(39)36-12-4-8-16-40(36)49/h3-26H,1-2H3. The van der Waals surface area contributed by atoms with Crippen LogP contribution in [0.4, 0.5) is 0 Å². The number of nitrogens with zero attached hydrogens (tertiary/aromatic N) is 4. The van der Waals surface area contributed by atoms with Crippen molar-refractivity contribution in [2.75, 3.05) is 0 Å². The van der Waals surface area contributed by atoms with E-state index < -0.39 is 0 Å². The smallest absolute Gasteiger partial charge is 0.0991 e. The van der Waals surface area contributed by atoms with Crippen molar-refractivity contribution in [3.63, 3.8) is 0 Å². The molecule has 0 saturated heterocycles. The molecular formula is C46H30N4. The lowest BCUT2D eigenvalue weighted by atomic mass is 9.86. The molecule has 0 bridgehead atoms. The summed E-state index contributed by atoms with van der Waals surface area (Å²) < 4.78 is 4.84. The highest BCUT2D eigenvalue weighted by Gasteiger charge is 2.28. The first kappa shape index (κ1) is 29.3. The van der Waals surface area contributed by atoms with Gasteiger partial charge in [0.05, 0.1) is 56.7 Å². The van der Waals surface area contributed by atoms with Crippen molar-refractivity contribution in [3.05, 3.63) is 168 Å². The highest BCUT2D eigenvalue weighted by Crippen LogP contribution is 2.48. The van der Waals surface area contributed by atoms with E-state index in [1.807, 2.05) is 24.3 Å². The van der Waals surface area contributed by atoms with Crippen LogP contribution in [0.1, 0.15) is 22.3 Å². The molecular weight excluding hydrogens is 609 g/mol. The average Bonchev–Trinajstić information content (AvgIpc) is 3.68. The first-order valence-corrected chi connectivity index (χ1v) is 16.7. The van der Waals surface area contributed by atoms with Crippen LogP contribution in [0.15, 0.2) is 146 Å². The van der Waals surface area contributed by atoms with Gasteiger partial charge in [0.25, 0.3) is 0 Å². The van der Waals surface area contributed by atoms with Gasteiger partial charge < -0.3 is 9.13 Å². The van der Waals surface area contributed by atoms with E-state index in [0.717, 1.165) is 66.8 Å². The summed E-state index contributed by atoms with van der Waals surface area (Å²) in [5.74, 6) is 0. The first-order valence-electron chi connectivity index (χ1n) is 16.7. The number of aromatic nitrogens is 2. The van der Waals surface area contributed by atoms with Crippen LogP contribution in [0, 0.1) is 36.5 Å². The zero-order valence-electron chi connectivity index (χ0n) is 27.6. The van der Waals surface area contributed by atoms with Crippen molar-refractivity contribution in [3.8, 4) is 45.8 Å². The molecule has 0 radical (unpaired) electrons. The SMILES string of the molecule is Cc1c(-c2ccc(C#N)cc2)c(-n2c3ccccc3c3ccccc32)c(-c2ccc(C#N)cc2)c(C)c1-n1c2ccccc2c2ccccc21. The van der Waals surface area contributed by atoms with Crippen LogP contribution in [-0.2, 0) is 0 Å². The highest BCUT2D eigenvalue weighted by atomic mass is 15.0. The van der Waals surface area contributed by atoms with Gasteiger partial charge in [-0.2, -0.15) is 10.5 Å². The predicted molar refractivity (Wildman–Crippen MR) is 205 cm³/mol. The second kappa shape index (κ2) is 11.4. The number of hydrogen-bond acceptors (Lipinski definition) is 2. The molecule has 0 aliphatic rings. The lowest BCUT2D eigenvalue weighted by Gasteiger charge is -2.27. The topological polar surface area (TPSA) is 57.4 Å². The molecule has 50 heavy (non-hydrogen) atoms. The second-order valence-corrected chi connectivity index (χ2v) is 12.8. The molecule has 234 valence electrons. The van der Waals surface area contributed by atoms with Gasteiger partial charge in [0, 0.05) is 32.7 Å². The maximum atomic E-state index is 9.76. The van der Waals surface area contributed by atoms with Crippen molar-refractivity contribution >= 4 is 43.6 Å². The largest absolute Gasteiger partial charge is 0.309 e. The number of fused-ring (bicyclic) bond motifs is 6.